The Morgan fingerprint density at radius 2 is 1.35 bits per heavy atom. The zero-order valence-corrected chi connectivity index (χ0v) is 27.2. The number of amides is 1. The summed E-state index contributed by atoms with van der Waals surface area (Å²) >= 11 is 0. The zero-order chi connectivity index (χ0) is 34.1. The van der Waals surface area contributed by atoms with Crippen LogP contribution in [0.15, 0.2) is 42.5 Å². The van der Waals surface area contributed by atoms with Gasteiger partial charge in [-0.05, 0) is 30.0 Å². The highest BCUT2D eigenvalue weighted by Gasteiger charge is 2.31. The first-order valence-corrected chi connectivity index (χ1v) is 14.4. The number of nitro benzene ring substituents is 1. The first-order chi connectivity index (χ1) is 21.8. The van der Waals surface area contributed by atoms with E-state index in [2.05, 4.69) is 0 Å². The van der Waals surface area contributed by atoms with Crippen LogP contribution < -0.4 is 33.3 Å². The molecule has 13 nitrogen and oxygen atoms in total. The summed E-state index contributed by atoms with van der Waals surface area (Å²) in [6, 6.07) is 10.1. The lowest BCUT2D eigenvalue weighted by Gasteiger charge is -2.27. The van der Waals surface area contributed by atoms with E-state index in [1.165, 1.54) is 51.5 Å². The minimum atomic E-state index is -1.31. The molecule has 1 N–H and O–H groups in total. The quantitative estimate of drug-likeness (QED) is 0.140. The number of anilines is 1. The van der Waals surface area contributed by atoms with Gasteiger partial charge < -0.3 is 38.4 Å². The van der Waals surface area contributed by atoms with Gasteiger partial charge in [-0.15, -0.1) is 0 Å². The van der Waals surface area contributed by atoms with Crippen LogP contribution in [-0.4, -0.2) is 63.6 Å². The van der Waals surface area contributed by atoms with Crippen LogP contribution in [0.4, 0.5) is 11.4 Å². The van der Waals surface area contributed by atoms with Crippen molar-refractivity contribution in [2.24, 2.45) is 11.8 Å². The van der Waals surface area contributed by atoms with E-state index < -0.39 is 22.5 Å². The van der Waals surface area contributed by atoms with Gasteiger partial charge in [0, 0.05) is 29.8 Å². The van der Waals surface area contributed by atoms with E-state index >= 15 is 0 Å². The zero-order valence-electron chi connectivity index (χ0n) is 27.2. The second-order valence-corrected chi connectivity index (χ2v) is 11.1. The fraction of sp³-hybridized carbons (Fsp3) is 0.394. The molecule has 0 saturated carbocycles. The molecule has 0 aliphatic heterocycles. The smallest absolute Gasteiger partial charge is 0.339 e. The Hall–Kier alpha value is -5.20. The Morgan fingerprint density at radius 3 is 1.87 bits per heavy atom. The van der Waals surface area contributed by atoms with Crippen LogP contribution in [0.5, 0.6) is 34.5 Å². The fourth-order valence-corrected chi connectivity index (χ4v) is 4.43. The maximum absolute atomic E-state index is 14.7. The third-order valence-corrected chi connectivity index (χ3v) is 6.72. The topological polar surface area (TPSA) is 156 Å². The van der Waals surface area contributed by atoms with Crippen molar-refractivity contribution in [3.05, 3.63) is 69.3 Å². The molecule has 0 saturated heterocycles. The van der Waals surface area contributed by atoms with Crippen LogP contribution in [0.1, 0.15) is 54.0 Å². The Kier molecular flexibility index (Phi) is 12.0. The van der Waals surface area contributed by atoms with E-state index in [-0.39, 0.29) is 71.4 Å². The number of benzene rings is 3. The Labute approximate surface area is 267 Å². The molecule has 0 heterocycles. The van der Waals surface area contributed by atoms with Crippen LogP contribution in [0.25, 0.3) is 0 Å². The summed E-state index contributed by atoms with van der Waals surface area (Å²) in [5.74, 6) is -0.918. The molecule has 3 aromatic rings. The lowest BCUT2D eigenvalue weighted by atomic mass is 10.1. The van der Waals surface area contributed by atoms with Crippen molar-refractivity contribution in [3.63, 3.8) is 0 Å². The van der Waals surface area contributed by atoms with Crippen LogP contribution in [0.3, 0.4) is 0 Å². The maximum Gasteiger partial charge on any atom is 0.339 e. The van der Waals surface area contributed by atoms with Crippen molar-refractivity contribution in [1.82, 2.24) is 0 Å². The van der Waals surface area contributed by atoms with Crippen LogP contribution >= 0.6 is 0 Å². The highest BCUT2D eigenvalue weighted by atomic mass is 16.6. The molecular formula is C33H40N2O11. The Bertz CT molecular complexity index is 1570. The number of methoxy groups -OCH3 is 4. The first kappa shape index (κ1) is 35.3. The molecule has 0 aromatic heterocycles. The number of carboxylic acid groups (broad SMARTS) is 1. The highest BCUT2D eigenvalue weighted by Crippen LogP contribution is 2.41. The fourth-order valence-electron chi connectivity index (χ4n) is 4.43. The molecule has 3 aromatic carbocycles. The first-order valence-electron chi connectivity index (χ1n) is 14.4. The number of carbonyl (C=O) groups excluding carboxylic acids is 1. The van der Waals surface area contributed by atoms with E-state index in [4.69, 9.17) is 28.4 Å². The number of nitrogens with zero attached hydrogens (tertiary/aromatic N) is 2. The molecule has 0 aliphatic rings. The summed E-state index contributed by atoms with van der Waals surface area (Å²) in [6.45, 7) is 7.86. The van der Waals surface area contributed by atoms with Gasteiger partial charge >= 0.3 is 11.7 Å². The van der Waals surface area contributed by atoms with Crippen molar-refractivity contribution in [1.29, 1.82) is 0 Å². The molecule has 248 valence electrons. The van der Waals surface area contributed by atoms with Gasteiger partial charge in [-0.1, -0.05) is 27.7 Å². The van der Waals surface area contributed by atoms with Crippen LogP contribution in [-0.2, 0) is 6.54 Å². The molecule has 0 atom stereocenters. The number of nitro groups is 1. The minimum absolute atomic E-state index is 0.00535. The summed E-state index contributed by atoms with van der Waals surface area (Å²) in [4.78, 5) is 39.7. The van der Waals surface area contributed by atoms with Gasteiger partial charge in [-0.2, -0.15) is 0 Å². The monoisotopic (exact) mass is 640 g/mol. The number of carbonyl (C=O) groups is 2. The lowest BCUT2D eigenvalue weighted by Crippen LogP contribution is -2.32. The second-order valence-electron chi connectivity index (χ2n) is 11.1. The van der Waals surface area contributed by atoms with Crippen LogP contribution in [0, 0.1) is 22.0 Å². The second kappa shape index (κ2) is 15.7. The van der Waals surface area contributed by atoms with E-state index in [0.717, 1.165) is 6.07 Å². The molecule has 0 spiro atoms. The number of hydrogen-bond acceptors (Lipinski definition) is 10. The molecule has 0 fully saturated rings. The Morgan fingerprint density at radius 1 is 0.761 bits per heavy atom. The SMILES string of the molecule is COc1ccc(CN(C(=O)c2cc([N+](=O)[O-])c(OCC(C)C)cc2OCC(C)C)c2cc(C(=O)O)c(OC)cc2OC)c(OC)c1. The van der Waals surface area contributed by atoms with Gasteiger partial charge in [-0.3, -0.25) is 14.9 Å². The third kappa shape index (κ3) is 8.29. The van der Waals surface area contributed by atoms with E-state index in [1.807, 2.05) is 27.7 Å². The van der Waals surface area contributed by atoms with Gasteiger partial charge in [0.25, 0.3) is 5.91 Å². The number of carboxylic acids is 1. The highest BCUT2D eigenvalue weighted by molar-refractivity contribution is 6.10. The van der Waals surface area contributed by atoms with E-state index in [0.29, 0.717) is 17.1 Å². The van der Waals surface area contributed by atoms with Crippen molar-refractivity contribution in [2.75, 3.05) is 46.6 Å². The summed E-state index contributed by atoms with van der Waals surface area (Å²) in [5.41, 5.74) is -0.247. The summed E-state index contributed by atoms with van der Waals surface area (Å²) < 4.78 is 33.5. The molecule has 13 heteroatoms. The van der Waals surface area contributed by atoms with E-state index in [9.17, 15) is 24.8 Å². The predicted octanol–water partition coefficient (Wildman–Crippen LogP) is 6.24. The van der Waals surface area contributed by atoms with Gasteiger partial charge in [0.05, 0.1) is 64.4 Å². The predicted molar refractivity (Wildman–Crippen MR) is 170 cm³/mol. The minimum Gasteiger partial charge on any atom is -0.497 e. The molecule has 3 rings (SSSR count). The van der Waals surface area contributed by atoms with Gasteiger partial charge in [0.15, 0.2) is 0 Å². The van der Waals surface area contributed by atoms with Crippen molar-refractivity contribution >= 4 is 23.3 Å². The summed E-state index contributed by atoms with van der Waals surface area (Å²) in [7, 11) is 5.63. The standard InChI is InChI=1S/C33H40N2O11/c1-19(2)17-45-29-15-31(46-18-20(3)4)26(35(39)40)12-23(29)32(36)34(16-21-9-10-22(41-5)11-27(21)42-6)25-13-24(33(37)38)28(43-7)14-30(25)44-8/h9-15,19-20H,16-18H2,1-8H3,(H,37,38). The van der Waals surface area contributed by atoms with Crippen molar-refractivity contribution in [3.8, 4) is 34.5 Å². The number of aromatic carboxylic acids is 1. The number of ether oxygens (including phenoxy) is 6. The molecule has 1 amide bonds. The molecule has 46 heavy (non-hydrogen) atoms. The molecular weight excluding hydrogens is 600 g/mol. The summed E-state index contributed by atoms with van der Waals surface area (Å²) in [5, 5.41) is 22.2. The number of hydrogen-bond donors (Lipinski definition) is 1. The number of rotatable bonds is 16. The third-order valence-electron chi connectivity index (χ3n) is 6.72. The molecule has 0 unspecified atom stereocenters. The van der Waals surface area contributed by atoms with Crippen molar-refractivity contribution < 1.29 is 48.0 Å². The maximum atomic E-state index is 14.7. The largest absolute Gasteiger partial charge is 0.497 e. The van der Waals surface area contributed by atoms with E-state index in [1.54, 1.807) is 18.2 Å². The van der Waals surface area contributed by atoms with Gasteiger partial charge in [0.1, 0.15) is 34.3 Å². The summed E-state index contributed by atoms with van der Waals surface area (Å²) in [6.07, 6.45) is 0. The van der Waals surface area contributed by atoms with Gasteiger partial charge in [-0.25, -0.2) is 4.79 Å². The average molecular weight is 641 g/mol. The molecule has 0 radical (unpaired) electrons. The lowest BCUT2D eigenvalue weighted by molar-refractivity contribution is -0.385. The van der Waals surface area contributed by atoms with Crippen molar-refractivity contribution in [2.45, 2.75) is 34.2 Å². The average Bonchev–Trinajstić information content (AvgIpc) is 3.03. The molecule has 0 aliphatic carbocycles. The van der Waals surface area contributed by atoms with Gasteiger partial charge in [0.2, 0.25) is 5.75 Å². The molecule has 0 bridgehead atoms. The normalized spacial score (nSPS) is 10.8. The Balaban J connectivity index is 2.35. The van der Waals surface area contributed by atoms with Crippen LogP contribution in [0.2, 0.25) is 0 Å².